The Kier molecular flexibility index (Phi) is 7.09. The molecule has 0 unspecified atom stereocenters. The van der Waals surface area contributed by atoms with Crippen molar-refractivity contribution in [2.75, 3.05) is 16.8 Å². The number of alkyl halides is 1. The molecule has 0 aliphatic carbocycles. The zero-order valence-electron chi connectivity index (χ0n) is 10.1. The van der Waals surface area contributed by atoms with Crippen LogP contribution < -0.4 is 0 Å². The molecule has 0 radical (unpaired) electrons. The van der Waals surface area contributed by atoms with Crippen molar-refractivity contribution in [3.8, 4) is 0 Å². The van der Waals surface area contributed by atoms with E-state index in [1.54, 1.807) is 6.92 Å². The van der Waals surface area contributed by atoms with Gasteiger partial charge in [-0.25, -0.2) is 8.42 Å². The number of sulfone groups is 1. The van der Waals surface area contributed by atoms with Crippen LogP contribution in [0.25, 0.3) is 0 Å². The SMILES string of the molecule is CCC(CC)(CBr)CCCS(=O)(=O)CC. The first-order chi connectivity index (χ1) is 6.95. The molecule has 0 N–H and O–H groups in total. The van der Waals surface area contributed by atoms with Crippen molar-refractivity contribution in [1.82, 2.24) is 0 Å². The van der Waals surface area contributed by atoms with Gasteiger partial charge >= 0.3 is 0 Å². The van der Waals surface area contributed by atoms with E-state index in [2.05, 4.69) is 29.8 Å². The molecule has 0 spiro atoms. The summed E-state index contributed by atoms with van der Waals surface area (Å²) in [6.45, 7) is 6.07. The third-order valence-corrected chi connectivity index (χ3v) is 6.37. The van der Waals surface area contributed by atoms with Crippen LogP contribution in [0, 0.1) is 5.41 Å². The zero-order chi connectivity index (χ0) is 11.9. The monoisotopic (exact) mass is 298 g/mol. The highest BCUT2D eigenvalue weighted by atomic mass is 79.9. The molecule has 0 aromatic rings. The highest BCUT2D eigenvalue weighted by molar-refractivity contribution is 9.09. The number of hydrogen-bond acceptors (Lipinski definition) is 2. The topological polar surface area (TPSA) is 34.1 Å². The van der Waals surface area contributed by atoms with E-state index in [4.69, 9.17) is 0 Å². The predicted octanol–water partition coefficient (Wildman–Crippen LogP) is 3.40. The molecule has 0 saturated heterocycles. The summed E-state index contributed by atoms with van der Waals surface area (Å²) in [7, 11) is -2.78. The van der Waals surface area contributed by atoms with Gasteiger partial charge in [0.2, 0.25) is 0 Å². The van der Waals surface area contributed by atoms with Gasteiger partial charge in [-0.2, -0.15) is 0 Å². The standard InChI is InChI=1S/C11H23BrO2S/c1-4-11(5-2,10-12)8-7-9-15(13,14)6-3/h4-10H2,1-3H3. The van der Waals surface area contributed by atoms with Crippen molar-refractivity contribution in [1.29, 1.82) is 0 Å². The van der Waals surface area contributed by atoms with Crippen molar-refractivity contribution in [2.45, 2.75) is 46.5 Å². The minimum atomic E-state index is -2.78. The molecule has 0 bridgehead atoms. The second-order valence-corrected chi connectivity index (χ2v) is 7.21. The summed E-state index contributed by atoms with van der Waals surface area (Å²) in [5.74, 6) is 0.616. The van der Waals surface area contributed by atoms with Crippen molar-refractivity contribution in [2.24, 2.45) is 5.41 Å². The number of rotatable bonds is 8. The third kappa shape index (κ3) is 5.34. The van der Waals surface area contributed by atoms with Crippen LogP contribution in [0.3, 0.4) is 0 Å². The fourth-order valence-corrected chi connectivity index (χ4v) is 3.62. The molecular weight excluding hydrogens is 276 g/mol. The first-order valence-electron chi connectivity index (χ1n) is 5.71. The average Bonchev–Trinajstić information content (AvgIpc) is 2.25. The molecule has 0 heterocycles. The molecule has 0 aromatic heterocycles. The maximum absolute atomic E-state index is 11.3. The van der Waals surface area contributed by atoms with Crippen LogP contribution in [0.1, 0.15) is 46.5 Å². The molecular formula is C11H23BrO2S. The Hall–Kier alpha value is 0.430. The van der Waals surface area contributed by atoms with E-state index in [9.17, 15) is 8.42 Å². The Bertz CT molecular complexity index is 247. The molecule has 0 fully saturated rings. The van der Waals surface area contributed by atoms with Gasteiger partial charge < -0.3 is 0 Å². The van der Waals surface area contributed by atoms with Crippen molar-refractivity contribution in [3.63, 3.8) is 0 Å². The lowest BCUT2D eigenvalue weighted by molar-refractivity contribution is 0.281. The molecule has 92 valence electrons. The Morgan fingerprint density at radius 3 is 2.00 bits per heavy atom. The van der Waals surface area contributed by atoms with Gasteiger partial charge in [0.15, 0.2) is 0 Å². The number of hydrogen-bond donors (Lipinski definition) is 0. The molecule has 0 aromatic carbocycles. The lowest BCUT2D eigenvalue weighted by atomic mass is 9.80. The summed E-state index contributed by atoms with van der Waals surface area (Å²) < 4.78 is 22.7. The highest BCUT2D eigenvalue weighted by Gasteiger charge is 2.24. The molecule has 0 aliphatic heterocycles. The molecule has 0 amide bonds. The average molecular weight is 299 g/mol. The van der Waals surface area contributed by atoms with Gasteiger partial charge in [0, 0.05) is 11.1 Å². The van der Waals surface area contributed by atoms with E-state index in [0.717, 1.165) is 31.0 Å². The summed E-state index contributed by atoms with van der Waals surface area (Å²) in [5, 5.41) is 0.971. The van der Waals surface area contributed by atoms with Crippen molar-refractivity contribution < 1.29 is 8.42 Å². The molecule has 2 nitrogen and oxygen atoms in total. The van der Waals surface area contributed by atoms with Gasteiger partial charge in [0.25, 0.3) is 0 Å². The summed E-state index contributed by atoms with van der Waals surface area (Å²) >= 11 is 3.54. The fraction of sp³-hybridized carbons (Fsp3) is 1.00. The maximum Gasteiger partial charge on any atom is 0.150 e. The summed E-state index contributed by atoms with van der Waals surface area (Å²) in [6.07, 6.45) is 4.02. The van der Waals surface area contributed by atoms with Gasteiger partial charge in [0.1, 0.15) is 9.84 Å². The first kappa shape index (κ1) is 15.4. The molecule has 0 aliphatic rings. The van der Waals surface area contributed by atoms with E-state index in [1.807, 2.05) is 0 Å². The van der Waals surface area contributed by atoms with Crippen LogP contribution in [0.4, 0.5) is 0 Å². The molecule has 0 rings (SSSR count). The second-order valence-electron chi connectivity index (χ2n) is 4.18. The highest BCUT2D eigenvalue weighted by Crippen LogP contribution is 2.34. The summed E-state index contributed by atoms with van der Waals surface area (Å²) in [4.78, 5) is 0. The third-order valence-electron chi connectivity index (χ3n) is 3.39. The fourth-order valence-electron chi connectivity index (χ4n) is 1.67. The van der Waals surface area contributed by atoms with Crippen LogP contribution in [0.15, 0.2) is 0 Å². The molecule has 4 heteroatoms. The minimum absolute atomic E-state index is 0.270. The van der Waals surface area contributed by atoms with Crippen LogP contribution in [0.5, 0.6) is 0 Å². The van der Waals surface area contributed by atoms with E-state index in [1.165, 1.54) is 0 Å². The molecule has 0 saturated carbocycles. The normalized spacial score (nSPS) is 13.1. The quantitative estimate of drug-likeness (QED) is 0.644. The number of halogens is 1. The summed E-state index contributed by atoms with van der Waals surface area (Å²) in [5.41, 5.74) is 0.295. The first-order valence-corrected chi connectivity index (χ1v) is 8.66. The minimum Gasteiger partial charge on any atom is -0.229 e. The maximum atomic E-state index is 11.3. The zero-order valence-corrected chi connectivity index (χ0v) is 12.5. The van der Waals surface area contributed by atoms with Gasteiger partial charge in [0.05, 0.1) is 5.75 Å². The van der Waals surface area contributed by atoms with Crippen molar-refractivity contribution in [3.05, 3.63) is 0 Å². The Morgan fingerprint density at radius 1 is 1.13 bits per heavy atom. The van der Waals surface area contributed by atoms with Gasteiger partial charge in [-0.05, 0) is 31.1 Å². The van der Waals surface area contributed by atoms with Crippen LogP contribution >= 0.6 is 15.9 Å². The predicted molar refractivity (Wildman–Crippen MR) is 70.4 cm³/mol. The lowest BCUT2D eigenvalue weighted by Crippen LogP contribution is -2.22. The summed E-state index contributed by atoms with van der Waals surface area (Å²) in [6, 6.07) is 0. The van der Waals surface area contributed by atoms with E-state index in [0.29, 0.717) is 11.2 Å². The Balaban J connectivity index is 4.13. The molecule has 0 atom stereocenters. The van der Waals surface area contributed by atoms with Crippen LogP contribution in [-0.4, -0.2) is 25.3 Å². The van der Waals surface area contributed by atoms with E-state index in [-0.39, 0.29) is 5.75 Å². The lowest BCUT2D eigenvalue weighted by Gasteiger charge is -2.29. The Morgan fingerprint density at radius 2 is 1.67 bits per heavy atom. The molecule has 15 heavy (non-hydrogen) atoms. The van der Waals surface area contributed by atoms with E-state index >= 15 is 0 Å². The Labute approximate surface area is 103 Å². The smallest absolute Gasteiger partial charge is 0.150 e. The van der Waals surface area contributed by atoms with E-state index < -0.39 is 9.84 Å². The van der Waals surface area contributed by atoms with Crippen LogP contribution in [-0.2, 0) is 9.84 Å². The largest absolute Gasteiger partial charge is 0.229 e. The van der Waals surface area contributed by atoms with Crippen LogP contribution in [0.2, 0.25) is 0 Å². The van der Waals surface area contributed by atoms with Crippen molar-refractivity contribution >= 4 is 25.8 Å². The van der Waals surface area contributed by atoms with Gasteiger partial charge in [-0.15, -0.1) is 0 Å². The second kappa shape index (κ2) is 6.89. The van der Waals surface area contributed by atoms with Gasteiger partial charge in [-0.3, -0.25) is 0 Å². The van der Waals surface area contributed by atoms with Gasteiger partial charge in [-0.1, -0.05) is 36.7 Å².